The van der Waals surface area contributed by atoms with Crippen molar-refractivity contribution < 1.29 is 4.52 Å². The molecule has 2 fully saturated rings. The molecule has 4 rings (SSSR count). The number of hydrogen-bond acceptors (Lipinski definition) is 5. The van der Waals surface area contributed by atoms with Crippen LogP contribution in [-0.4, -0.2) is 26.6 Å². The van der Waals surface area contributed by atoms with Crippen molar-refractivity contribution in [3.05, 3.63) is 41.8 Å². The highest BCUT2D eigenvalue weighted by Crippen LogP contribution is 2.33. The Balaban J connectivity index is 1.44. The zero-order valence-electron chi connectivity index (χ0n) is 12.1. The molecule has 0 aromatic carbocycles. The predicted molar refractivity (Wildman–Crippen MR) is 77.3 cm³/mol. The second-order valence-corrected chi connectivity index (χ2v) is 6.13. The van der Waals surface area contributed by atoms with Crippen molar-refractivity contribution in [2.45, 2.75) is 44.7 Å². The van der Waals surface area contributed by atoms with Gasteiger partial charge in [-0.15, -0.1) is 0 Å². The number of likely N-dealkylation sites (tertiary alicyclic amines) is 1. The minimum absolute atomic E-state index is 0.380. The second kappa shape index (κ2) is 5.56. The smallest absolute Gasteiger partial charge is 0.240 e. The highest BCUT2D eigenvalue weighted by molar-refractivity contribution is 5.10. The number of pyridine rings is 1. The van der Waals surface area contributed by atoms with Crippen LogP contribution < -0.4 is 0 Å². The van der Waals surface area contributed by atoms with Gasteiger partial charge in [0, 0.05) is 12.6 Å². The molecule has 0 radical (unpaired) electrons. The minimum atomic E-state index is 0.380. The molecule has 1 aliphatic heterocycles. The molecule has 5 nitrogen and oxygen atoms in total. The average molecular weight is 284 g/mol. The van der Waals surface area contributed by atoms with E-state index in [1.54, 1.807) is 0 Å². The van der Waals surface area contributed by atoms with Crippen LogP contribution in [0, 0.1) is 5.92 Å². The Hall–Kier alpha value is -1.75. The first-order valence-corrected chi connectivity index (χ1v) is 7.85. The van der Waals surface area contributed by atoms with E-state index in [1.807, 2.05) is 12.3 Å². The van der Waals surface area contributed by atoms with E-state index in [2.05, 4.69) is 32.2 Å². The fraction of sp³-hybridized carbons (Fsp3) is 0.562. The van der Waals surface area contributed by atoms with Crippen molar-refractivity contribution in [1.29, 1.82) is 0 Å². The maximum absolute atomic E-state index is 5.42. The Morgan fingerprint density at radius 2 is 2.19 bits per heavy atom. The van der Waals surface area contributed by atoms with Gasteiger partial charge in [-0.3, -0.25) is 9.88 Å². The molecule has 0 bridgehead atoms. The molecule has 1 saturated heterocycles. The highest BCUT2D eigenvalue weighted by Gasteiger charge is 2.29. The van der Waals surface area contributed by atoms with E-state index in [4.69, 9.17) is 4.52 Å². The first-order chi connectivity index (χ1) is 10.4. The van der Waals surface area contributed by atoms with Gasteiger partial charge in [-0.25, -0.2) is 0 Å². The van der Waals surface area contributed by atoms with Crippen LogP contribution in [0.25, 0.3) is 0 Å². The van der Waals surface area contributed by atoms with Gasteiger partial charge in [0.1, 0.15) is 0 Å². The molecule has 1 atom stereocenters. The monoisotopic (exact) mass is 284 g/mol. The Bertz CT molecular complexity index is 593. The van der Waals surface area contributed by atoms with Gasteiger partial charge in [-0.05, 0) is 50.3 Å². The molecule has 1 saturated carbocycles. The standard InChI is InChI=1S/C16H20N4O/c1-2-8-17-13(4-1)14-5-3-9-20(14)11-16-18-15(19-21-16)10-12-6-7-12/h1-2,4,8,12,14H,3,5-7,9-11H2. The number of rotatable bonds is 5. The van der Waals surface area contributed by atoms with Crippen molar-refractivity contribution in [3.8, 4) is 0 Å². The van der Waals surface area contributed by atoms with E-state index < -0.39 is 0 Å². The number of aromatic nitrogens is 3. The summed E-state index contributed by atoms with van der Waals surface area (Å²) >= 11 is 0. The molecule has 2 aromatic heterocycles. The van der Waals surface area contributed by atoms with Gasteiger partial charge in [0.2, 0.25) is 5.89 Å². The molecular weight excluding hydrogens is 264 g/mol. The van der Waals surface area contributed by atoms with Crippen LogP contribution in [-0.2, 0) is 13.0 Å². The van der Waals surface area contributed by atoms with Crippen molar-refractivity contribution >= 4 is 0 Å². The molecule has 0 N–H and O–H groups in total. The van der Waals surface area contributed by atoms with Crippen LogP contribution in [0.1, 0.15) is 49.1 Å². The van der Waals surface area contributed by atoms with Crippen molar-refractivity contribution in [1.82, 2.24) is 20.0 Å². The third-order valence-electron chi connectivity index (χ3n) is 4.41. The first kappa shape index (κ1) is 13.0. The molecule has 2 aromatic rings. The summed E-state index contributed by atoms with van der Waals surface area (Å²) in [6, 6.07) is 6.50. The van der Waals surface area contributed by atoms with Crippen molar-refractivity contribution in [2.24, 2.45) is 5.92 Å². The summed E-state index contributed by atoms with van der Waals surface area (Å²) in [5, 5.41) is 4.11. The van der Waals surface area contributed by atoms with Crippen LogP contribution in [0.5, 0.6) is 0 Å². The van der Waals surface area contributed by atoms with E-state index in [-0.39, 0.29) is 0 Å². The van der Waals surface area contributed by atoms with Crippen molar-refractivity contribution in [3.63, 3.8) is 0 Å². The predicted octanol–water partition coefficient (Wildman–Crippen LogP) is 2.75. The molecule has 2 aliphatic rings. The Labute approximate surface area is 124 Å². The summed E-state index contributed by atoms with van der Waals surface area (Å²) in [6.07, 6.45) is 7.83. The molecule has 0 spiro atoms. The SMILES string of the molecule is c1ccc(C2CCCN2Cc2nc(CC3CC3)no2)nc1. The molecule has 1 aliphatic carbocycles. The van der Waals surface area contributed by atoms with Gasteiger partial charge in [0.05, 0.1) is 18.3 Å². The quantitative estimate of drug-likeness (QED) is 0.845. The van der Waals surface area contributed by atoms with Crippen LogP contribution in [0.15, 0.2) is 28.9 Å². The third-order valence-corrected chi connectivity index (χ3v) is 4.41. The molecule has 0 amide bonds. The fourth-order valence-electron chi connectivity index (χ4n) is 3.11. The van der Waals surface area contributed by atoms with Crippen LogP contribution >= 0.6 is 0 Å². The summed E-state index contributed by atoms with van der Waals surface area (Å²) in [7, 11) is 0. The Morgan fingerprint density at radius 1 is 1.24 bits per heavy atom. The molecule has 3 heterocycles. The van der Waals surface area contributed by atoms with Gasteiger partial charge >= 0.3 is 0 Å². The Kier molecular flexibility index (Phi) is 3.43. The molecule has 110 valence electrons. The Morgan fingerprint density at radius 3 is 3.00 bits per heavy atom. The van der Waals surface area contributed by atoms with Gasteiger partial charge in [-0.2, -0.15) is 4.98 Å². The number of hydrogen-bond donors (Lipinski definition) is 0. The number of nitrogens with zero attached hydrogens (tertiary/aromatic N) is 4. The topological polar surface area (TPSA) is 55.1 Å². The average Bonchev–Trinajstić information content (AvgIpc) is 3.03. The fourth-order valence-corrected chi connectivity index (χ4v) is 3.11. The highest BCUT2D eigenvalue weighted by atomic mass is 16.5. The largest absolute Gasteiger partial charge is 0.338 e. The van der Waals surface area contributed by atoms with E-state index >= 15 is 0 Å². The lowest BCUT2D eigenvalue weighted by molar-refractivity contribution is 0.209. The first-order valence-electron chi connectivity index (χ1n) is 7.85. The molecule has 5 heteroatoms. The third kappa shape index (κ3) is 2.97. The maximum Gasteiger partial charge on any atom is 0.240 e. The van der Waals surface area contributed by atoms with Crippen LogP contribution in [0.2, 0.25) is 0 Å². The van der Waals surface area contributed by atoms with E-state index in [9.17, 15) is 0 Å². The normalized spacial score (nSPS) is 22.8. The molecule has 1 unspecified atom stereocenters. The summed E-state index contributed by atoms with van der Waals surface area (Å²) in [5.41, 5.74) is 1.15. The van der Waals surface area contributed by atoms with Crippen molar-refractivity contribution in [2.75, 3.05) is 6.54 Å². The summed E-state index contributed by atoms with van der Waals surface area (Å²) < 4.78 is 5.42. The lowest BCUT2D eigenvalue weighted by Crippen LogP contribution is -2.23. The van der Waals surface area contributed by atoms with Crippen LogP contribution in [0.4, 0.5) is 0 Å². The lowest BCUT2D eigenvalue weighted by atomic mass is 10.1. The zero-order valence-corrected chi connectivity index (χ0v) is 12.1. The molecular formula is C16H20N4O. The van der Waals surface area contributed by atoms with Gasteiger partial charge in [0.15, 0.2) is 5.82 Å². The second-order valence-electron chi connectivity index (χ2n) is 6.13. The minimum Gasteiger partial charge on any atom is -0.338 e. The van der Waals surface area contributed by atoms with Crippen LogP contribution in [0.3, 0.4) is 0 Å². The molecule has 21 heavy (non-hydrogen) atoms. The van der Waals surface area contributed by atoms with E-state index in [1.165, 1.54) is 19.3 Å². The van der Waals surface area contributed by atoms with Gasteiger partial charge in [0.25, 0.3) is 0 Å². The summed E-state index contributed by atoms with van der Waals surface area (Å²) in [5.74, 6) is 2.41. The lowest BCUT2D eigenvalue weighted by Gasteiger charge is -2.21. The zero-order chi connectivity index (χ0) is 14.1. The van der Waals surface area contributed by atoms with Gasteiger partial charge < -0.3 is 4.52 Å². The van der Waals surface area contributed by atoms with E-state index in [0.29, 0.717) is 6.04 Å². The summed E-state index contributed by atoms with van der Waals surface area (Å²) in [6.45, 7) is 1.81. The summed E-state index contributed by atoms with van der Waals surface area (Å²) in [4.78, 5) is 11.4. The van der Waals surface area contributed by atoms with Gasteiger partial charge in [-0.1, -0.05) is 11.2 Å². The maximum atomic E-state index is 5.42. The van der Waals surface area contributed by atoms with E-state index in [0.717, 1.165) is 49.3 Å².